The molecule has 3 aliphatic rings. The molecule has 170 valence electrons. The number of aromatic nitrogens is 2. The zero-order chi connectivity index (χ0) is 22.2. The van der Waals surface area contributed by atoms with Crippen LogP contribution in [0.4, 0.5) is 10.5 Å². The number of nitrogens with zero attached hydrogens (tertiary/aromatic N) is 5. The van der Waals surface area contributed by atoms with Gasteiger partial charge in [0, 0.05) is 31.2 Å². The van der Waals surface area contributed by atoms with E-state index in [4.69, 9.17) is 0 Å². The fraction of sp³-hybridized carbons (Fsp3) is 0.560. The number of amides is 2. The number of hydrogen-bond donors (Lipinski definition) is 1. The van der Waals surface area contributed by atoms with Gasteiger partial charge in [-0.2, -0.15) is 0 Å². The summed E-state index contributed by atoms with van der Waals surface area (Å²) in [4.78, 5) is 28.2. The molecule has 2 saturated heterocycles. The van der Waals surface area contributed by atoms with Gasteiger partial charge in [-0.3, -0.25) is 4.90 Å². The Bertz CT molecular complexity index is 918. The highest BCUT2D eigenvalue weighted by molar-refractivity contribution is 5.78. The Hall–Kier alpha value is -2.67. The first-order valence-corrected chi connectivity index (χ1v) is 11.8. The molecular weight excluding hydrogens is 400 g/mol. The summed E-state index contributed by atoms with van der Waals surface area (Å²) >= 11 is 0. The highest BCUT2D eigenvalue weighted by Gasteiger charge is 2.51. The Labute approximate surface area is 190 Å². The molecule has 7 nitrogen and oxygen atoms in total. The normalized spacial score (nSPS) is 29.0. The van der Waals surface area contributed by atoms with Crippen LogP contribution in [0.25, 0.3) is 0 Å². The molecule has 0 bridgehead atoms. The van der Waals surface area contributed by atoms with Crippen LogP contribution in [0, 0.1) is 0 Å². The maximum Gasteiger partial charge on any atom is 0.318 e. The third kappa shape index (κ3) is 3.72. The van der Waals surface area contributed by atoms with E-state index >= 15 is 0 Å². The third-order valence-electron chi connectivity index (χ3n) is 8.12. The van der Waals surface area contributed by atoms with E-state index in [0.29, 0.717) is 6.04 Å². The maximum atomic E-state index is 13.0. The number of piperidine rings is 1. The van der Waals surface area contributed by atoms with Gasteiger partial charge in [-0.25, -0.2) is 14.8 Å². The Kier molecular flexibility index (Phi) is 5.53. The molecule has 2 aromatic rings. The van der Waals surface area contributed by atoms with Crippen molar-refractivity contribution in [1.82, 2.24) is 25.1 Å². The number of hydrogen-bond acceptors (Lipinski definition) is 5. The first kappa shape index (κ1) is 21.2. The van der Waals surface area contributed by atoms with Crippen LogP contribution in [0.5, 0.6) is 0 Å². The minimum Gasteiger partial charge on any atom is -0.369 e. The standard InChI is InChI=1S/C25H34N6O/c1-29(2)25(20-6-4-3-5-7-20)12-10-24(11-13-25)18-31(23(32)28-24)21-8-14-30(15-9-21)22-16-26-19-27-17-22/h3-7,16-17,19,21H,8-15,18H2,1-2H3,(H,28,32)/t24-,25-. The van der Waals surface area contributed by atoms with Crippen molar-refractivity contribution in [3.63, 3.8) is 0 Å². The second kappa shape index (κ2) is 8.35. The Balaban J connectivity index is 1.24. The SMILES string of the molecule is CN(C)[C@]1(c2ccccc2)CC[C@@]2(CC1)CN(C1CCN(c3cncnc3)CC1)C(=O)N2. The van der Waals surface area contributed by atoms with E-state index < -0.39 is 0 Å². The molecule has 5 rings (SSSR count). The lowest BCUT2D eigenvalue weighted by Gasteiger charge is -2.49. The summed E-state index contributed by atoms with van der Waals surface area (Å²) in [6.45, 7) is 2.71. The van der Waals surface area contributed by atoms with E-state index in [1.807, 2.05) is 12.4 Å². The summed E-state index contributed by atoms with van der Waals surface area (Å²) in [6, 6.07) is 11.3. The fourth-order valence-corrected chi connectivity index (χ4v) is 6.09. The van der Waals surface area contributed by atoms with Crippen molar-refractivity contribution < 1.29 is 4.79 Å². The van der Waals surface area contributed by atoms with Crippen molar-refractivity contribution in [2.75, 3.05) is 38.6 Å². The van der Waals surface area contributed by atoms with Gasteiger partial charge in [0.05, 0.1) is 23.6 Å². The van der Waals surface area contributed by atoms with E-state index in [1.165, 1.54) is 5.56 Å². The fourth-order valence-electron chi connectivity index (χ4n) is 6.09. The molecule has 1 N–H and O–H groups in total. The molecule has 0 unspecified atom stereocenters. The Morgan fingerprint density at radius 3 is 2.28 bits per heavy atom. The minimum absolute atomic E-state index is 0.0494. The summed E-state index contributed by atoms with van der Waals surface area (Å²) in [5.74, 6) is 0. The van der Waals surface area contributed by atoms with Gasteiger partial charge in [0.2, 0.25) is 0 Å². The van der Waals surface area contributed by atoms with Gasteiger partial charge in [-0.05, 0) is 58.2 Å². The van der Waals surface area contributed by atoms with Crippen molar-refractivity contribution in [1.29, 1.82) is 0 Å². The van der Waals surface area contributed by atoms with Crippen LogP contribution < -0.4 is 10.2 Å². The number of carbonyl (C=O) groups is 1. The molecular formula is C25H34N6O. The van der Waals surface area contributed by atoms with Gasteiger partial charge in [-0.15, -0.1) is 0 Å². The molecule has 1 spiro atoms. The molecule has 3 fully saturated rings. The van der Waals surface area contributed by atoms with E-state index in [2.05, 4.69) is 74.4 Å². The molecule has 1 aromatic carbocycles. The Morgan fingerprint density at radius 1 is 1.00 bits per heavy atom. The summed E-state index contributed by atoms with van der Waals surface area (Å²) in [7, 11) is 4.38. The van der Waals surface area contributed by atoms with E-state index in [9.17, 15) is 4.79 Å². The number of nitrogens with one attached hydrogen (secondary N) is 1. The van der Waals surface area contributed by atoms with Crippen molar-refractivity contribution in [2.24, 2.45) is 0 Å². The first-order valence-electron chi connectivity index (χ1n) is 11.8. The van der Waals surface area contributed by atoms with E-state index in [-0.39, 0.29) is 17.1 Å². The number of benzene rings is 1. The van der Waals surface area contributed by atoms with Crippen molar-refractivity contribution >= 4 is 11.7 Å². The molecule has 7 heteroatoms. The van der Waals surface area contributed by atoms with Crippen LogP contribution >= 0.6 is 0 Å². The topological polar surface area (TPSA) is 64.6 Å². The molecule has 1 aliphatic carbocycles. The zero-order valence-corrected chi connectivity index (χ0v) is 19.2. The summed E-state index contributed by atoms with van der Waals surface area (Å²) < 4.78 is 0. The quantitative estimate of drug-likeness (QED) is 0.800. The van der Waals surface area contributed by atoms with Crippen LogP contribution in [0.1, 0.15) is 44.1 Å². The maximum absolute atomic E-state index is 13.0. The molecule has 0 atom stereocenters. The number of rotatable bonds is 4. The predicted molar refractivity (Wildman–Crippen MR) is 126 cm³/mol. The van der Waals surface area contributed by atoms with Gasteiger partial charge in [-0.1, -0.05) is 30.3 Å². The van der Waals surface area contributed by atoms with Gasteiger partial charge in [0.25, 0.3) is 0 Å². The minimum atomic E-state index is -0.0875. The van der Waals surface area contributed by atoms with Crippen LogP contribution in [0.15, 0.2) is 49.1 Å². The predicted octanol–water partition coefficient (Wildman–Crippen LogP) is 3.24. The van der Waals surface area contributed by atoms with Crippen LogP contribution in [0.3, 0.4) is 0 Å². The zero-order valence-electron chi connectivity index (χ0n) is 19.2. The largest absolute Gasteiger partial charge is 0.369 e. The summed E-state index contributed by atoms with van der Waals surface area (Å²) in [5, 5.41) is 3.42. The number of urea groups is 1. The summed E-state index contributed by atoms with van der Waals surface area (Å²) in [5.41, 5.74) is 2.42. The van der Waals surface area contributed by atoms with Crippen LogP contribution in [0.2, 0.25) is 0 Å². The monoisotopic (exact) mass is 434 g/mol. The number of carbonyl (C=O) groups excluding carboxylic acids is 1. The molecule has 0 radical (unpaired) electrons. The molecule has 2 amide bonds. The molecule has 32 heavy (non-hydrogen) atoms. The molecule has 1 saturated carbocycles. The van der Waals surface area contributed by atoms with Gasteiger partial charge >= 0.3 is 6.03 Å². The molecule has 2 aliphatic heterocycles. The first-order chi connectivity index (χ1) is 15.5. The molecule has 3 heterocycles. The van der Waals surface area contributed by atoms with Crippen molar-refractivity contribution in [3.8, 4) is 0 Å². The average Bonchev–Trinajstić information content (AvgIpc) is 3.16. The Morgan fingerprint density at radius 2 is 1.66 bits per heavy atom. The average molecular weight is 435 g/mol. The lowest BCUT2D eigenvalue weighted by molar-refractivity contribution is 0.0598. The highest BCUT2D eigenvalue weighted by Crippen LogP contribution is 2.46. The lowest BCUT2D eigenvalue weighted by Crippen LogP contribution is -2.54. The highest BCUT2D eigenvalue weighted by atomic mass is 16.2. The van der Waals surface area contributed by atoms with Gasteiger partial charge in [0.1, 0.15) is 6.33 Å². The number of anilines is 1. The third-order valence-corrected chi connectivity index (χ3v) is 8.12. The second-order valence-electron chi connectivity index (χ2n) is 9.95. The second-order valence-corrected chi connectivity index (χ2v) is 9.95. The van der Waals surface area contributed by atoms with Gasteiger partial charge < -0.3 is 15.1 Å². The van der Waals surface area contributed by atoms with Gasteiger partial charge in [0.15, 0.2) is 0 Å². The smallest absolute Gasteiger partial charge is 0.318 e. The van der Waals surface area contributed by atoms with E-state index in [0.717, 1.165) is 63.8 Å². The summed E-state index contributed by atoms with van der Waals surface area (Å²) in [6.07, 6.45) is 11.4. The lowest BCUT2D eigenvalue weighted by atomic mass is 9.69. The van der Waals surface area contributed by atoms with Crippen molar-refractivity contribution in [3.05, 3.63) is 54.6 Å². The van der Waals surface area contributed by atoms with Crippen LogP contribution in [-0.2, 0) is 5.54 Å². The molecule has 1 aromatic heterocycles. The van der Waals surface area contributed by atoms with Crippen molar-refractivity contribution in [2.45, 2.75) is 55.6 Å². The van der Waals surface area contributed by atoms with E-state index in [1.54, 1.807) is 6.33 Å². The van der Waals surface area contributed by atoms with Crippen LogP contribution in [-0.4, -0.2) is 71.1 Å².